The summed E-state index contributed by atoms with van der Waals surface area (Å²) < 4.78 is 7.44. The van der Waals surface area contributed by atoms with Gasteiger partial charge in [0.2, 0.25) is 0 Å². The molecule has 2 heterocycles. The van der Waals surface area contributed by atoms with E-state index in [1.165, 1.54) is 16.7 Å². The monoisotopic (exact) mass is 313 g/mol. The quantitative estimate of drug-likeness (QED) is 0.868. The normalized spacial score (nSPS) is 16.7. The Hall–Kier alpha value is -1.65. The second-order valence-corrected chi connectivity index (χ2v) is 7.28. The van der Waals surface area contributed by atoms with Crippen LogP contribution in [0.5, 0.6) is 0 Å². The van der Waals surface area contributed by atoms with E-state index >= 15 is 0 Å². The van der Waals surface area contributed by atoms with Crippen LogP contribution in [0.1, 0.15) is 26.3 Å². The van der Waals surface area contributed by atoms with Crippen molar-refractivity contribution in [2.45, 2.75) is 32.7 Å². The summed E-state index contributed by atoms with van der Waals surface area (Å²) in [7, 11) is 0. The molecule has 0 aliphatic carbocycles. The molecule has 1 aromatic heterocycles. The number of ether oxygens (including phenoxy) is 1. The van der Waals surface area contributed by atoms with Crippen molar-refractivity contribution in [2.24, 2.45) is 0 Å². The topological polar surface area (TPSA) is 30.3 Å². The minimum atomic E-state index is 0.169. The Kier molecular flexibility index (Phi) is 4.83. The molecule has 4 heteroatoms. The van der Waals surface area contributed by atoms with E-state index in [9.17, 15) is 0 Å². The minimum absolute atomic E-state index is 0.169. The van der Waals surface area contributed by atoms with Gasteiger partial charge >= 0.3 is 0 Å². The molecule has 1 aromatic carbocycles. The zero-order chi connectivity index (χ0) is 16.3. The van der Waals surface area contributed by atoms with Gasteiger partial charge in [-0.15, -0.1) is 0 Å². The van der Waals surface area contributed by atoms with Crippen molar-refractivity contribution < 1.29 is 4.74 Å². The molecule has 0 N–H and O–H groups in total. The van der Waals surface area contributed by atoms with Crippen LogP contribution in [0.3, 0.4) is 0 Å². The van der Waals surface area contributed by atoms with Crippen molar-refractivity contribution in [3.05, 3.63) is 42.2 Å². The Bertz CT molecular complexity index is 636. The van der Waals surface area contributed by atoms with Crippen molar-refractivity contribution >= 4 is 0 Å². The summed E-state index contributed by atoms with van der Waals surface area (Å²) in [5.41, 5.74) is 3.96. The Morgan fingerprint density at radius 1 is 1.09 bits per heavy atom. The first-order chi connectivity index (χ1) is 11.0. The lowest BCUT2D eigenvalue weighted by Gasteiger charge is -2.26. The van der Waals surface area contributed by atoms with Crippen LogP contribution in [0.25, 0.3) is 11.1 Å². The van der Waals surface area contributed by atoms with Crippen molar-refractivity contribution in [2.75, 3.05) is 32.8 Å². The van der Waals surface area contributed by atoms with Crippen LogP contribution in [0, 0.1) is 0 Å². The molecule has 0 radical (unpaired) electrons. The van der Waals surface area contributed by atoms with E-state index in [4.69, 9.17) is 4.74 Å². The number of morpholine rings is 1. The van der Waals surface area contributed by atoms with Gasteiger partial charge in [0.05, 0.1) is 26.0 Å². The average Bonchev–Trinajstić information content (AvgIpc) is 3.02. The van der Waals surface area contributed by atoms with Gasteiger partial charge in [0.25, 0.3) is 0 Å². The summed E-state index contributed by atoms with van der Waals surface area (Å²) in [6.45, 7) is 12.5. The fourth-order valence-electron chi connectivity index (χ4n) is 2.87. The first-order valence-electron chi connectivity index (χ1n) is 8.46. The highest BCUT2D eigenvalue weighted by Gasteiger charge is 2.14. The molecule has 3 rings (SSSR count). The molecule has 1 saturated heterocycles. The molecular formula is C19H27N3O. The van der Waals surface area contributed by atoms with Crippen LogP contribution in [0.4, 0.5) is 0 Å². The second kappa shape index (κ2) is 6.85. The molecule has 4 nitrogen and oxygen atoms in total. The van der Waals surface area contributed by atoms with Crippen molar-refractivity contribution in [3.8, 4) is 11.1 Å². The summed E-state index contributed by atoms with van der Waals surface area (Å²) >= 11 is 0. The van der Waals surface area contributed by atoms with Crippen molar-refractivity contribution in [3.63, 3.8) is 0 Å². The van der Waals surface area contributed by atoms with Gasteiger partial charge in [-0.25, -0.2) is 0 Å². The molecule has 0 bridgehead atoms. The smallest absolute Gasteiger partial charge is 0.0594 e. The molecule has 0 spiro atoms. The van der Waals surface area contributed by atoms with E-state index in [1.54, 1.807) is 0 Å². The highest BCUT2D eigenvalue weighted by Crippen LogP contribution is 2.27. The third kappa shape index (κ3) is 4.21. The van der Waals surface area contributed by atoms with Crippen LogP contribution in [0.15, 0.2) is 36.7 Å². The van der Waals surface area contributed by atoms with Gasteiger partial charge in [-0.05, 0) is 16.5 Å². The maximum atomic E-state index is 5.39. The van der Waals surface area contributed by atoms with Crippen LogP contribution in [-0.2, 0) is 16.7 Å². The standard InChI is InChI=1S/C19H27N3O/c1-19(2,3)18-6-4-5-16(13-18)17-14-20-22(15-17)8-7-21-9-11-23-12-10-21/h4-6,13-15H,7-12H2,1-3H3. The van der Waals surface area contributed by atoms with E-state index < -0.39 is 0 Å². The molecule has 1 aliphatic heterocycles. The highest BCUT2D eigenvalue weighted by atomic mass is 16.5. The SMILES string of the molecule is CC(C)(C)c1cccc(-c2cnn(CCN3CCOCC3)c2)c1. The number of rotatable bonds is 4. The Balaban J connectivity index is 1.67. The maximum absolute atomic E-state index is 5.39. The maximum Gasteiger partial charge on any atom is 0.0594 e. The lowest BCUT2D eigenvalue weighted by molar-refractivity contribution is 0.0360. The molecule has 0 atom stereocenters. The molecule has 1 fully saturated rings. The Morgan fingerprint density at radius 3 is 2.61 bits per heavy atom. The summed E-state index contributed by atoms with van der Waals surface area (Å²) in [4.78, 5) is 2.44. The number of benzene rings is 1. The fraction of sp³-hybridized carbons (Fsp3) is 0.526. The summed E-state index contributed by atoms with van der Waals surface area (Å²) in [5, 5.41) is 4.53. The molecule has 0 saturated carbocycles. The summed E-state index contributed by atoms with van der Waals surface area (Å²) in [6, 6.07) is 8.79. The summed E-state index contributed by atoms with van der Waals surface area (Å²) in [5.74, 6) is 0. The van der Waals surface area contributed by atoms with Gasteiger partial charge < -0.3 is 4.74 Å². The van der Waals surface area contributed by atoms with E-state index in [0.29, 0.717) is 0 Å². The van der Waals surface area contributed by atoms with Crippen LogP contribution in [-0.4, -0.2) is 47.5 Å². The highest BCUT2D eigenvalue weighted by molar-refractivity contribution is 5.63. The Morgan fingerprint density at radius 2 is 1.87 bits per heavy atom. The minimum Gasteiger partial charge on any atom is -0.379 e. The predicted molar refractivity (Wildman–Crippen MR) is 93.6 cm³/mol. The average molecular weight is 313 g/mol. The predicted octanol–water partition coefficient (Wildman–Crippen LogP) is 3.18. The van der Waals surface area contributed by atoms with Crippen molar-refractivity contribution in [1.82, 2.24) is 14.7 Å². The van der Waals surface area contributed by atoms with Gasteiger partial charge in [-0.1, -0.05) is 45.0 Å². The lowest BCUT2D eigenvalue weighted by Crippen LogP contribution is -2.38. The van der Waals surface area contributed by atoms with Gasteiger partial charge in [-0.3, -0.25) is 9.58 Å². The third-order valence-electron chi connectivity index (χ3n) is 4.44. The summed E-state index contributed by atoms with van der Waals surface area (Å²) in [6.07, 6.45) is 4.13. The number of aromatic nitrogens is 2. The fourth-order valence-corrected chi connectivity index (χ4v) is 2.87. The number of hydrogen-bond acceptors (Lipinski definition) is 3. The largest absolute Gasteiger partial charge is 0.379 e. The van der Waals surface area contributed by atoms with Crippen LogP contribution < -0.4 is 0 Å². The zero-order valence-corrected chi connectivity index (χ0v) is 14.5. The van der Waals surface area contributed by atoms with E-state index in [0.717, 1.165) is 39.4 Å². The first-order valence-corrected chi connectivity index (χ1v) is 8.46. The van der Waals surface area contributed by atoms with Gasteiger partial charge in [0, 0.05) is 31.4 Å². The molecule has 0 amide bonds. The first kappa shape index (κ1) is 16.2. The number of hydrogen-bond donors (Lipinski definition) is 0. The zero-order valence-electron chi connectivity index (χ0n) is 14.5. The van der Waals surface area contributed by atoms with Gasteiger partial charge in [-0.2, -0.15) is 5.10 Å². The van der Waals surface area contributed by atoms with Crippen LogP contribution in [0.2, 0.25) is 0 Å². The van der Waals surface area contributed by atoms with Gasteiger partial charge in [0.1, 0.15) is 0 Å². The van der Waals surface area contributed by atoms with Crippen LogP contribution >= 0.6 is 0 Å². The van der Waals surface area contributed by atoms with Crippen molar-refractivity contribution in [1.29, 1.82) is 0 Å². The second-order valence-electron chi connectivity index (χ2n) is 7.28. The molecule has 1 aliphatic rings. The molecule has 0 unspecified atom stereocenters. The lowest BCUT2D eigenvalue weighted by atomic mass is 9.86. The van der Waals surface area contributed by atoms with E-state index in [2.05, 4.69) is 65.9 Å². The Labute approximate surface area is 139 Å². The molecule has 2 aromatic rings. The third-order valence-corrected chi connectivity index (χ3v) is 4.44. The van der Waals surface area contributed by atoms with E-state index in [-0.39, 0.29) is 5.41 Å². The molecule has 23 heavy (non-hydrogen) atoms. The molecule has 124 valence electrons. The van der Waals surface area contributed by atoms with Gasteiger partial charge in [0.15, 0.2) is 0 Å². The number of nitrogens with zero attached hydrogens (tertiary/aromatic N) is 3. The molecular weight excluding hydrogens is 286 g/mol. The van der Waals surface area contributed by atoms with E-state index in [1.807, 2.05) is 6.20 Å².